The van der Waals surface area contributed by atoms with Crippen LogP contribution >= 0.6 is 0 Å². The molecule has 30 heavy (non-hydrogen) atoms. The highest BCUT2D eigenvalue weighted by molar-refractivity contribution is 5.87. The van der Waals surface area contributed by atoms with Crippen molar-refractivity contribution in [1.82, 2.24) is 25.1 Å². The van der Waals surface area contributed by atoms with E-state index in [9.17, 15) is 9.59 Å². The maximum absolute atomic E-state index is 13.3. The number of rotatable bonds is 7. The Morgan fingerprint density at radius 1 is 1.33 bits per heavy atom. The molecule has 2 saturated heterocycles. The Morgan fingerprint density at radius 3 is 3.03 bits per heavy atom. The summed E-state index contributed by atoms with van der Waals surface area (Å²) < 4.78 is 7.01. The average molecular weight is 412 g/mol. The number of hydrogen-bond acceptors (Lipinski definition) is 5. The molecule has 0 bridgehead atoms. The Labute approximate surface area is 176 Å². The zero-order chi connectivity index (χ0) is 21.0. The second-order valence-corrected chi connectivity index (χ2v) is 8.17. The molecule has 2 aromatic rings. The van der Waals surface area contributed by atoms with Gasteiger partial charge in [-0.2, -0.15) is 0 Å². The molecule has 2 atom stereocenters. The predicted octanol–water partition coefficient (Wildman–Crippen LogP) is 1.32. The fourth-order valence-corrected chi connectivity index (χ4v) is 4.72. The van der Waals surface area contributed by atoms with Gasteiger partial charge in [0.15, 0.2) is 0 Å². The number of amides is 2. The fourth-order valence-electron chi connectivity index (χ4n) is 4.72. The number of nitrogens with one attached hydrogen (secondary N) is 2. The summed E-state index contributed by atoms with van der Waals surface area (Å²) in [6.45, 7) is 2.30. The summed E-state index contributed by atoms with van der Waals surface area (Å²) in [7, 11) is 1.64. The van der Waals surface area contributed by atoms with Gasteiger partial charge in [0.2, 0.25) is 11.8 Å². The van der Waals surface area contributed by atoms with Gasteiger partial charge < -0.3 is 19.9 Å². The molecule has 0 radical (unpaired) electrons. The SMILES string of the molecule is COc1cccc(CNC(=O)[C@@]23CCCCN2C[C@@H](NC(=O)Cn2ccnc2)C3)c1. The van der Waals surface area contributed by atoms with Crippen LogP contribution in [-0.2, 0) is 22.7 Å². The number of piperidine rings is 1. The molecule has 3 heterocycles. The van der Waals surface area contributed by atoms with Gasteiger partial charge in [-0.3, -0.25) is 14.5 Å². The van der Waals surface area contributed by atoms with E-state index in [0.29, 0.717) is 19.5 Å². The van der Waals surface area contributed by atoms with E-state index < -0.39 is 5.54 Å². The second kappa shape index (κ2) is 8.87. The minimum atomic E-state index is -0.538. The molecule has 4 rings (SSSR count). The van der Waals surface area contributed by atoms with Crippen molar-refractivity contribution >= 4 is 11.8 Å². The minimum absolute atomic E-state index is 0.0262. The van der Waals surface area contributed by atoms with Crippen LogP contribution in [0.4, 0.5) is 0 Å². The van der Waals surface area contributed by atoms with Gasteiger partial charge in [0.05, 0.1) is 13.4 Å². The molecule has 2 aliphatic heterocycles. The van der Waals surface area contributed by atoms with Crippen LogP contribution in [0.1, 0.15) is 31.2 Å². The summed E-state index contributed by atoms with van der Waals surface area (Å²) >= 11 is 0. The van der Waals surface area contributed by atoms with E-state index in [-0.39, 0.29) is 24.4 Å². The normalized spacial score (nSPS) is 23.6. The number of hydrogen-bond donors (Lipinski definition) is 2. The molecule has 1 aromatic carbocycles. The molecule has 8 heteroatoms. The van der Waals surface area contributed by atoms with Crippen molar-refractivity contribution in [2.45, 2.75) is 50.4 Å². The second-order valence-electron chi connectivity index (χ2n) is 8.17. The Hall–Kier alpha value is -2.87. The van der Waals surface area contributed by atoms with Gasteiger partial charge in [0, 0.05) is 31.5 Å². The van der Waals surface area contributed by atoms with E-state index in [4.69, 9.17) is 4.74 Å². The lowest BCUT2D eigenvalue weighted by atomic mass is 9.84. The molecule has 0 aliphatic carbocycles. The van der Waals surface area contributed by atoms with Gasteiger partial charge in [0.1, 0.15) is 17.8 Å². The number of fused-ring (bicyclic) bond motifs is 1. The van der Waals surface area contributed by atoms with Gasteiger partial charge in [-0.15, -0.1) is 0 Å². The molecule has 1 aromatic heterocycles. The third-order valence-electron chi connectivity index (χ3n) is 6.16. The monoisotopic (exact) mass is 411 g/mol. The molecule has 2 amide bonds. The molecule has 2 fully saturated rings. The first-order valence-electron chi connectivity index (χ1n) is 10.5. The standard InChI is InChI=1S/C22H29N5O3/c1-30-19-6-4-5-17(11-19)13-24-21(29)22-7-2-3-9-27(22)14-18(12-22)25-20(28)15-26-10-8-23-16-26/h4-6,8,10-11,16,18H,2-3,7,9,12-15H2,1H3,(H,24,29)(H,25,28)/t18-,22-/m0/s1. The first-order chi connectivity index (χ1) is 14.6. The van der Waals surface area contributed by atoms with Crippen molar-refractivity contribution in [2.75, 3.05) is 20.2 Å². The zero-order valence-electron chi connectivity index (χ0n) is 17.3. The smallest absolute Gasteiger partial charge is 0.240 e. The van der Waals surface area contributed by atoms with Crippen molar-refractivity contribution in [3.8, 4) is 5.75 Å². The Balaban J connectivity index is 1.39. The largest absolute Gasteiger partial charge is 0.497 e. The molecule has 0 saturated carbocycles. The molecule has 2 N–H and O–H groups in total. The average Bonchev–Trinajstić information content (AvgIpc) is 3.39. The lowest BCUT2D eigenvalue weighted by Crippen LogP contribution is -2.57. The summed E-state index contributed by atoms with van der Waals surface area (Å²) in [4.78, 5) is 32.0. The number of methoxy groups -OCH3 is 1. The van der Waals surface area contributed by atoms with E-state index in [2.05, 4.69) is 20.5 Å². The van der Waals surface area contributed by atoms with E-state index in [0.717, 1.165) is 37.1 Å². The number of ether oxygens (including phenoxy) is 1. The Kier molecular flexibility index (Phi) is 6.03. The van der Waals surface area contributed by atoms with Crippen LogP contribution in [0.2, 0.25) is 0 Å². The zero-order valence-corrected chi connectivity index (χ0v) is 17.3. The molecule has 160 valence electrons. The molecule has 2 aliphatic rings. The number of imidazole rings is 1. The Morgan fingerprint density at radius 2 is 2.23 bits per heavy atom. The summed E-state index contributed by atoms with van der Waals surface area (Å²) in [6.07, 6.45) is 8.64. The van der Waals surface area contributed by atoms with Crippen LogP contribution in [0.5, 0.6) is 5.75 Å². The van der Waals surface area contributed by atoms with Crippen molar-refractivity contribution in [2.24, 2.45) is 0 Å². The highest BCUT2D eigenvalue weighted by Crippen LogP contribution is 2.38. The lowest BCUT2D eigenvalue weighted by Gasteiger charge is -2.40. The molecule has 0 spiro atoms. The van der Waals surface area contributed by atoms with Gasteiger partial charge >= 0.3 is 0 Å². The predicted molar refractivity (Wildman–Crippen MR) is 112 cm³/mol. The van der Waals surface area contributed by atoms with Gasteiger partial charge in [-0.1, -0.05) is 12.1 Å². The molecule has 8 nitrogen and oxygen atoms in total. The number of carbonyl (C=O) groups excluding carboxylic acids is 2. The third kappa shape index (κ3) is 4.33. The van der Waals surface area contributed by atoms with Crippen LogP contribution in [0, 0.1) is 0 Å². The van der Waals surface area contributed by atoms with Crippen LogP contribution in [0.3, 0.4) is 0 Å². The quantitative estimate of drug-likeness (QED) is 0.718. The number of nitrogens with zero attached hydrogens (tertiary/aromatic N) is 3. The van der Waals surface area contributed by atoms with Crippen molar-refractivity contribution < 1.29 is 14.3 Å². The fraction of sp³-hybridized carbons (Fsp3) is 0.500. The highest BCUT2D eigenvalue weighted by atomic mass is 16.5. The first-order valence-corrected chi connectivity index (χ1v) is 10.5. The van der Waals surface area contributed by atoms with Crippen molar-refractivity contribution in [3.05, 3.63) is 48.5 Å². The Bertz CT molecular complexity index is 885. The molecular formula is C22H29N5O3. The van der Waals surface area contributed by atoms with Gasteiger partial charge in [-0.05, 0) is 49.9 Å². The highest BCUT2D eigenvalue weighted by Gasteiger charge is 2.52. The van der Waals surface area contributed by atoms with Crippen LogP contribution in [0.15, 0.2) is 43.0 Å². The number of benzene rings is 1. The minimum Gasteiger partial charge on any atom is -0.497 e. The summed E-state index contributed by atoms with van der Waals surface area (Å²) in [5, 5.41) is 6.25. The summed E-state index contributed by atoms with van der Waals surface area (Å²) in [6, 6.07) is 7.70. The van der Waals surface area contributed by atoms with E-state index in [1.165, 1.54) is 0 Å². The lowest BCUT2D eigenvalue weighted by molar-refractivity contribution is -0.134. The number of carbonyl (C=O) groups is 2. The summed E-state index contributed by atoms with van der Waals surface area (Å²) in [5.74, 6) is 0.780. The topological polar surface area (TPSA) is 88.5 Å². The number of aromatic nitrogens is 2. The van der Waals surface area contributed by atoms with Crippen LogP contribution in [-0.4, -0.2) is 58.0 Å². The van der Waals surface area contributed by atoms with E-state index >= 15 is 0 Å². The van der Waals surface area contributed by atoms with Crippen LogP contribution in [0.25, 0.3) is 0 Å². The van der Waals surface area contributed by atoms with Crippen LogP contribution < -0.4 is 15.4 Å². The molecule has 0 unspecified atom stereocenters. The van der Waals surface area contributed by atoms with Gasteiger partial charge in [0.25, 0.3) is 0 Å². The van der Waals surface area contributed by atoms with Gasteiger partial charge in [-0.25, -0.2) is 4.98 Å². The first kappa shape index (κ1) is 20.4. The van der Waals surface area contributed by atoms with Crippen molar-refractivity contribution in [3.63, 3.8) is 0 Å². The maximum atomic E-state index is 13.3. The molecular weight excluding hydrogens is 382 g/mol. The maximum Gasteiger partial charge on any atom is 0.240 e. The third-order valence-corrected chi connectivity index (χ3v) is 6.16. The van der Waals surface area contributed by atoms with E-state index in [1.54, 1.807) is 30.4 Å². The summed E-state index contributed by atoms with van der Waals surface area (Å²) in [5.41, 5.74) is 0.467. The van der Waals surface area contributed by atoms with Crippen molar-refractivity contribution in [1.29, 1.82) is 0 Å². The van der Waals surface area contributed by atoms with E-state index in [1.807, 2.05) is 24.3 Å².